The third kappa shape index (κ3) is 3.24. The van der Waals surface area contributed by atoms with E-state index in [9.17, 15) is 4.79 Å². The normalized spacial score (nSPS) is 18.4. The molecule has 0 amide bonds. The molecule has 0 bridgehead atoms. The van der Waals surface area contributed by atoms with Crippen molar-refractivity contribution < 1.29 is 14.6 Å². The van der Waals surface area contributed by atoms with Crippen molar-refractivity contribution in [3.63, 3.8) is 0 Å². The van der Waals surface area contributed by atoms with E-state index in [1.54, 1.807) is 7.11 Å². The van der Waals surface area contributed by atoms with Crippen molar-refractivity contribution in [2.75, 3.05) is 20.2 Å². The molecule has 0 spiro atoms. The molecule has 1 aliphatic rings. The topological polar surface area (TPSA) is 70.6 Å². The van der Waals surface area contributed by atoms with Gasteiger partial charge in [0.1, 0.15) is 5.75 Å². The molecule has 5 nitrogen and oxygen atoms in total. The number of aliphatic carboxylic acids is 1. The standard InChI is InChI=1S/C14H20N2O3/c1-10(11-4-3-5-12(6-11)19-2)16-14(7-13(17)18)8-15-9-14/h3-6,10,15-16H,7-9H2,1-2H3,(H,17,18)/t10-/m0/s1. The lowest BCUT2D eigenvalue weighted by molar-refractivity contribution is -0.139. The number of ether oxygens (including phenoxy) is 1. The minimum absolute atomic E-state index is 0.0801. The number of nitrogens with one attached hydrogen (secondary N) is 2. The molecule has 1 aliphatic heterocycles. The van der Waals surface area contributed by atoms with Crippen molar-refractivity contribution in [1.29, 1.82) is 0 Å². The van der Waals surface area contributed by atoms with Gasteiger partial charge in [0.15, 0.2) is 0 Å². The minimum atomic E-state index is -0.771. The molecule has 0 aromatic heterocycles. The van der Waals surface area contributed by atoms with E-state index >= 15 is 0 Å². The van der Waals surface area contributed by atoms with Gasteiger partial charge in [-0.3, -0.25) is 4.79 Å². The summed E-state index contributed by atoms with van der Waals surface area (Å²) < 4.78 is 5.21. The fraction of sp³-hybridized carbons (Fsp3) is 0.500. The van der Waals surface area contributed by atoms with E-state index in [0.29, 0.717) is 13.1 Å². The number of hydrogen-bond donors (Lipinski definition) is 3. The van der Waals surface area contributed by atoms with E-state index in [2.05, 4.69) is 10.6 Å². The van der Waals surface area contributed by atoms with Crippen molar-refractivity contribution in [2.24, 2.45) is 0 Å². The quantitative estimate of drug-likeness (QED) is 0.719. The van der Waals surface area contributed by atoms with Crippen LogP contribution < -0.4 is 15.4 Å². The first kappa shape index (κ1) is 13.8. The smallest absolute Gasteiger partial charge is 0.305 e. The number of carbonyl (C=O) groups is 1. The van der Waals surface area contributed by atoms with Crippen molar-refractivity contribution in [3.8, 4) is 5.75 Å². The van der Waals surface area contributed by atoms with Gasteiger partial charge < -0.3 is 20.5 Å². The lowest BCUT2D eigenvalue weighted by Crippen LogP contribution is -2.68. The van der Waals surface area contributed by atoms with Gasteiger partial charge in [0.2, 0.25) is 0 Å². The molecule has 1 aromatic carbocycles. The first-order valence-corrected chi connectivity index (χ1v) is 6.39. The van der Waals surface area contributed by atoms with E-state index in [-0.39, 0.29) is 18.0 Å². The Kier molecular flexibility index (Phi) is 4.07. The Hall–Kier alpha value is -1.59. The summed E-state index contributed by atoms with van der Waals surface area (Å²) in [4.78, 5) is 10.9. The fourth-order valence-corrected chi connectivity index (χ4v) is 2.45. The molecule has 1 heterocycles. The molecule has 0 radical (unpaired) electrons. The zero-order chi connectivity index (χ0) is 13.9. The summed E-state index contributed by atoms with van der Waals surface area (Å²) in [6.45, 7) is 3.41. The van der Waals surface area contributed by atoms with Gasteiger partial charge in [-0.2, -0.15) is 0 Å². The third-order valence-electron chi connectivity index (χ3n) is 3.53. The maximum atomic E-state index is 10.9. The largest absolute Gasteiger partial charge is 0.497 e. The second-order valence-corrected chi connectivity index (χ2v) is 5.10. The maximum absolute atomic E-state index is 10.9. The Bertz CT molecular complexity index is 458. The molecule has 104 valence electrons. The molecular weight excluding hydrogens is 244 g/mol. The fourth-order valence-electron chi connectivity index (χ4n) is 2.45. The average Bonchev–Trinajstić information content (AvgIpc) is 2.35. The monoisotopic (exact) mass is 264 g/mol. The highest BCUT2D eigenvalue weighted by atomic mass is 16.5. The number of hydrogen-bond acceptors (Lipinski definition) is 4. The van der Waals surface area contributed by atoms with E-state index in [0.717, 1.165) is 11.3 Å². The van der Waals surface area contributed by atoms with Crippen LogP contribution in [0.4, 0.5) is 0 Å². The molecule has 0 unspecified atom stereocenters. The van der Waals surface area contributed by atoms with Gasteiger partial charge in [-0.05, 0) is 24.6 Å². The summed E-state index contributed by atoms with van der Waals surface area (Å²) in [5, 5.41) is 15.6. The van der Waals surface area contributed by atoms with Gasteiger partial charge in [-0.15, -0.1) is 0 Å². The summed E-state index contributed by atoms with van der Waals surface area (Å²) in [6.07, 6.45) is 0.133. The van der Waals surface area contributed by atoms with Gasteiger partial charge in [0.25, 0.3) is 0 Å². The zero-order valence-electron chi connectivity index (χ0n) is 11.3. The van der Waals surface area contributed by atoms with Crippen molar-refractivity contribution >= 4 is 5.97 Å². The van der Waals surface area contributed by atoms with E-state index in [1.807, 2.05) is 31.2 Å². The molecule has 19 heavy (non-hydrogen) atoms. The molecule has 1 saturated heterocycles. The Balaban J connectivity index is 2.06. The van der Waals surface area contributed by atoms with E-state index in [4.69, 9.17) is 9.84 Å². The summed E-state index contributed by atoms with van der Waals surface area (Å²) >= 11 is 0. The predicted molar refractivity (Wildman–Crippen MR) is 72.4 cm³/mol. The van der Waals surface area contributed by atoms with Crippen LogP contribution in [0.15, 0.2) is 24.3 Å². The molecule has 1 aromatic rings. The molecule has 1 fully saturated rings. The second kappa shape index (κ2) is 5.59. The molecule has 2 rings (SSSR count). The van der Waals surface area contributed by atoms with Crippen LogP contribution in [0.2, 0.25) is 0 Å². The second-order valence-electron chi connectivity index (χ2n) is 5.10. The Labute approximate surface area is 113 Å². The zero-order valence-corrected chi connectivity index (χ0v) is 11.3. The average molecular weight is 264 g/mol. The maximum Gasteiger partial charge on any atom is 0.305 e. The van der Waals surface area contributed by atoms with E-state index in [1.165, 1.54) is 0 Å². The lowest BCUT2D eigenvalue weighted by atomic mass is 9.87. The van der Waals surface area contributed by atoms with E-state index < -0.39 is 5.97 Å². The first-order valence-electron chi connectivity index (χ1n) is 6.39. The highest BCUT2D eigenvalue weighted by molar-refractivity contribution is 5.69. The molecule has 5 heteroatoms. The van der Waals surface area contributed by atoms with Crippen LogP contribution in [-0.2, 0) is 4.79 Å². The van der Waals surface area contributed by atoms with Crippen LogP contribution in [0, 0.1) is 0 Å². The van der Waals surface area contributed by atoms with Crippen LogP contribution in [0.1, 0.15) is 24.9 Å². The van der Waals surface area contributed by atoms with Crippen LogP contribution in [0.3, 0.4) is 0 Å². The third-order valence-corrected chi connectivity index (χ3v) is 3.53. The Morgan fingerprint density at radius 2 is 2.32 bits per heavy atom. The summed E-state index contributed by atoms with van der Waals surface area (Å²) in [5.41, 5.74) is 0.755. The van der Waals surface area contributed by atoms with Crippen molar-refractivity contribution in [2.45, 2.75) is 24.9 Å². The predicted octanol–water partition coefficient (Wildman–Crippen LogP) is 1.16. The van der Waals surface area contributed by atoms with Gasteiger partial charge in [0.05, 0.1) is 19.1 Å². The van der Waals surface area contributed by atoms with Gasteiger partial charge in [-0.1, -0.05) is 12.1 Å². The number of benzene rings is 1. The van der Waals surface area contributed by atoms with Gasteiger partial charge >= 0.3 is 5.97 Å². The summed E-state index contributed by atoms with van der Waals surface area (Å²) in [5.74, 6) is 0.0389. The summed E-state index contributed by atoms with van der Waals surface area (Å²) in [7, 11) is 1.64. The number of carboxylic acid groups (broad SMARTS) is 1. The lowest BCUT2D eigenvalue weighted by Gasteiger charge is -2.44. The van der Waals surface area contributed by atoms with Crippen molar-refractivity contribution in [3.05, 3.63) is 29.8 Å². The first-order chi connectivity index (χ1) is 9.04. The van der Waals surface area contributed by atoms with Crippen LogP contribution in [-0.4, -0.2) is 36.8 Å². The SMILES string of the molecule is COc1cccc([C@H](C)NC2(CC(=O)O)CNC2)c1. The summed E-state index contributed by atoms with van der Waals surface area (Å²) in [6, 6.07) is 7.90. The molecule has 3 N–H and O–H groups in total. The highest BCUT2D eigenvalue weighted by Crippen LogP contribution is 2.24. The molecule has 1 atom stereocenters. The van der Waals surface area contributed by atoms with Crippen LogP contribution >= 0.6 is 0 Å². The number of methoxy groups -OCH3 is 1. The Morgan fingerprint density at radius 1 is 1.58 bits per heavy atom. The van der Waals surface area contributed by atoms with Crippen LogP contribution in [0.5, 0.6) is 5.75 Å². The highest BCUT2D eigenvalue weighted by Gasteiger charge is 2.39. The van der Waals surface area contributed by atoms with Crippen LogP contribution in [0.25, 0.3) is 0 Å². The van der Waals surface area contributed by atoms with Gasteiger partial charge in [0, 0.05) is 19.1 Å². The Morgan fingerprint density at radius 3 is 2.84 bits per heavy atom. The van der Waals surface area contributed by atoms with Gasteiger partial charge in [-0.25, -0.2) is 0 Å². The minimum Gasteiger partial charge on any atom is -0.497 e. The number of carboxylic acids is 1. The molecular formula is C14H20N2O3. The number of rotatable bonds is 6. The molecule has 0 saturated carbocycles. The van der Waals surface area contributed by atoms with Crippen molar-refractivity contribution in [1.82, 2.24) is 10.6 Å². The molecule has 0 aliphatic carbocycles.